The predicted molar refractivity (Wildman–Crippen MR) is 91.2 cm³/mol. The van der Waals surface area contributed by atoms with Crippen molar-refractivity contribution in [3.8, 4) is 0 Å². The van der Waals surface area contributed by atoms with Crippen molar-refractivity contribution in [3.05, 3.63) is 41.0 Å². The smallest absolute Gasteiger partial charge is 0.259 e. The first-order valence-corrected chi connectivity index (χ1v) is 10.0. The first-order chi connectivity index (χ1) is 11.8. The first-order valence-electron chi connectivity index (χ1n) is 8.16. The molecule has 3 heterocycles. The van der Waals surface area contributed by atoms with E-state index in [4.69, 9.17) is 4.52 Å². The fourth-order valence-electron chi connectivity index (χ4n) is 3.33. The minimum atomic E-state index is -3.32. The molecule has 0 saturated carbocycles. The van der Waals surface area contributed by atoms with E-state index < -0.39 is 9.84 Å². The van der Waals surface area contributed by atoms with Crippen LogP contribution in [-0.2, 0) is 9.84 Å². The molecule has 0 aliphatic carbocycles. The molecule has 1 aliphatic heterocycles. The number of likely N-dealkylation sites (tertiary alicyclic amines) is 1. The van der Waals surface area contributed by atoms with Crippen molar-refractivity contribution >= 4 is 15.7 Å². The van der Waals surface area contributed by atoms with Gasteiger partial charge in [-0.2, -0.15) is 0 Å². The van der Waals surface area contributed by atoms with Gasteiger partial charge in [-0.1, -0.05) is 5.16 Å². The van der Waals surface area contributed by atoms with Gasteiger partial charge in [0.1, 0.15) is 11.3 Å². The van der Waals surface area contributed by atoms with Crippen LogP contribution in [0.5, 0.6) is 0 Å². The van der Waals surface area contributed by atoms with Gasteiger partial charge in [0.2, 0.25) is 0 Å². The van der Waals surface area contributed by atoms with Gasteiger partial charge in [0.25, 0.3) is 5.91 Å². The highest BCUT2D eigenvalue weighted by molar-refractivity contribution is 7.90. The van der Waals surface area contributed by atoms with Gasteiger partial charge >= 0.3 is 0 Å². The molecule has 25 heavy (non-hydrogen) atoms. The third-order valence-corrected chi connectivity index (χ3v) is 5.76. The number of carbonyl (C=O) groups is 1. The van der Waals surface area contributed by atoms with E-state index >= 15 is 0 Å². The second kappa shape index (κ2) is 6.59. The van der Waals surface area contributed by atoms with Gasteiger partial charge in [0, 0.05) is 31.5 Å². The molecule has 0 aromatic carbocycles. The van der Waals surface area contributed by atoms with Crippen molar-refractivity contribution in [2.75, 3.05) is 19.3 Å². The van der Waals surface area contributed by atoms with E-state index in [9.17, 15) is 13.2 Å². The fraction of sp³-hybridized carbons (Fsp3) is 0.471. The number of amides is 1. The lowest BCUT2D eigenvalue weighted by Gasteiger charge is -2.32. The molecule has 1 saturated heterocycles. The van der Waals surface area contributed by atoms with Crippen molar-refractivity contribution in [1.82, 2.24) is 15.0 Å². The third kappa shape index (κ3) is 3.44. The van der Waals surface area contributed by atoms with Crippen molar-refractivity contribution in [2.24, 2.45) is 0 Å². The topological polar surface area (TPSA) is 93.4 Å². The zero-order valence-corrected chi connectivity index (χ0v) is 15.3. The van der Waals surface area contributed by atoms with Crippen molar-refractivity contribution in [2.45, 2.75) is 37.5 Å². The highest BCUT2D eigenvalue weighted by Crippen LogP contribution is 2.31. The number of nitrogens with zero attached hydrogens (tertiary/aromatic N) is 3. The molecule has 0 radical (unpaired) electrons. The number of rotatable bonds is 3. The van der Waals surface area contributed by atoms with E-state index in [2.05, 4.69) is 10.1 Å². The summed E-state index contributed by atoms with van der Waals surface area (Å²) in [6.45, 7) is 4.58. The molecule has 0 bridgehead atoms. The highest BCUT2D eigenvalue weighted by atomic mass is 32.2. The minimum absolute atomic E-state index is 0.0274. The lowest BCUT2D eigenvalue weighted by molar-refractivity contribution is 0.0709. The number of carbonyl (C=O) groups excluding carboxylic acids is 1. The van der Waals surface area contributed by atoms with Gasteiger partial charge in [0.15, 0.2) is 9.84 Å². The van der Waals surface area contributed by atoms with E-state index in [1.54, 1.807) is 37.1 Å². The minimum Gasteiger partial charge on any atom is -0.361 e. The van der Waals surface area contributed by atoms with Crippen molar-refractivity contribution in [3.63, 3.8) is 0 Å². The Morgan fingerprint density at radius 3 is 2.52 bits per heavy atom. The summed E-state index contributed by atoms with van der Waals surface area (Å²) in [5, 5.41) is 3.83. The maximum Gasteiger partial charge on any atom is 0.259 e. The maximum atomic E-state index is 12.7. The lowest BCUT2D eigenvalue weighted by atomic mass is 9.92. The lowest BCUT2D eigenvalue weighted by Crippen LogP contribution is -2.38. The van der Waals surface area contributed by atoms with Crippen LogP contribution < -0.4 is 0 Å². The Morgan fingerprint density at radius 2 is 1.96 bits per heavy atom. The average Bonchev–Trinajstić information content (AvgIpc) is 2.92. The second-order valence-electron chi connectivity index (χ2n) is 6.42. The zero-order chi connectivity index (χ0) is 18.2. The Balaban J connectivity index is 1.76. The monoisotopic (exact) mass is 363 g/mol. The van der Waals surface area contributed by atoms with Crippen LogP contribution >= 0.6 is 0 Å². The Labute approximate surface area is 146 Å². The van der Waals surface area contributed by atoms with Crippen LogP contribution in [0.15, 0.2) is 27.7 Å². The Bertz CT molecular complexity index is 877. The molecule has 7 nitrogen and oxygen atoms in total. The van der Waals surface area contributed by atoms with Crippen LogP contribution in [0, 0.1) is 13.8 Å². The van der Waals surface area contributed by atoms with Gasteiger partial charge < -0.3 is 9.42 Å². The molecule has 0 spiro atoms. The SMILES string of the molecule is Cc1noc(C)c1C(=O)N1CCC(c2ncccc2S(C)(=O)=O)CC1. The number of hydrogen-bond acceptors (Lipinski definition) is 6. The Kier molecular flexibility index (Phi) is 4.64. The van der Waals surface area contributed by atoms with Gasteiger partial charge in [0.05, 0.1) is 16.3 Å². The van der Waals surface area contributed by atoms with E-state index in [1.807, 2.05) is 0 Å². The molecular weight excluding hydrogens is 342 g/mol. The number of hydrogen-bond donors (Lipinski definition) is 0. The standard InChI is InChI=1S/C17H21N3O4S/c1-11-15(12(2)24-19-11)17(21)20-9-6-13(7-10-20)16-14(25(3,22)23)5-4-8-18-16/h4-5,8,13H,6-7,9-10H2,1-3H3. The molecule has 0 unspecified atom stereocenters. The molecule has 2 aromatic rings. The highest BCUT2D eigenvalue weighted by Gasteiger charge is 2.30. The molecule has 1 fully saturated rings. The molecule has 134 valence electrons. The van der Waals surface area contributed by atoms with Crippen LogP contribution in [-0.4, -0.2) is 48.7 Å². The van der Waals surface area contributed by atoms with E-state index in [-0.39, 0.29) is 16.7 Å². The fourth-order valence-corrected chi connectivity index (χ4v) is 4.25. The zero-order valence-electron chi connectivity index (χ0n) is 14.5. The van der Waals surface area contributed by atoms with Gasteiger partial charge in [-0.25, -0.2) is 8.42 Å². The summed E-state index contributed by atoms with van der Waals surface area (Å²) in [6, 6.07) is 3.23. The summed E-state index contributed by atoms with van der Waals surface area (Å²) in [5.41, 5.74) is 1.72. The molecule has 1 aliphatic rings. The quantitative estimate of drug-likeness (QED) is 0.829. The van der Waals surface area contributed by atoms with Crippen LogP contribution in [0.25, 0.3) is 0 Å². The summed E-state index contributed by atoms with van der Waals surface area (Å²) in [7, 11) is -3.32. The maximum absolute atomic E-state index is 12.7. The van der Waals surface area contributed by atoms with Crippen LogP contribution in [0.4, 0.5) is 0 Å². The van der Waals surface area contributed by atoms with Gasteiger partial charge in [-0.15, -0.1) is 0 Å². The summed E-state index contributed by atoms with van der Waals surface area (Å²) in [5.74, 6) is 0.465. The van der Waals surface area contributed by atoms with Crippen LogP contribution in [0.2, 0.25) is 0 Å². The van der Waals surface area contributed by atoms with Crippen LogP contribution in [0.3, 0.4) is 0 Å². The van der Waals surface area contributed by atoms with E-state index in [1.165, 1.54) is 6.26 Å². The van der Waals surface area contributed by atoms with Gasteiger partial charge in [-0.3, -0.25) is 9.78 Å². The predicted octanol–water partition coefficient (Wildman–Crippen LogP) is 2.11. The number of sulfone groups is 1. The molecule has 0 N–H and O–H groups in total. The molecular formula is C17H21N3O4S. The number of aromatic nitrogens is 2. The summed E-state index contributed by atoms with van der Waals surface area (Å²) >= 11 is 0. The summed E-state index contributed by atoms with van der Waals surface area (Å²) in [6.07, 6.45) is 4.17. The van der Waals surface area contributed by atoms with Crippen LogP contribution in [0.1, 0.15) is 46.3 Å². The number of pyridine rings is 1. The van der Waals surface area contributed by atoms with Gasteiger partial charge in [-0.05, 0) is 38.8 Å². The van der Waals surface area contributed by atoms with E-state index in [0.717, 1.165) is 0 Å². The van der Waals surface area contributed by atoms with E-state index in [0.29, 0.717) is 48.6 Å². The number of piperidine rings is 1. The molecule has 1 amide bonds. The van der Waals surface area contributed by atoms with Crippen molar-refractivity contribution < 1.29 is 17.7 Å². The first kappa shape index (κ1) is 17.6. The molecule has 0 atom stereocenters. The van der Waals surface area contributed by atoms with Crippen molar-refractivity contribution in [1.29, 1.82) is 0 Å². The second-order valence-corrected chi connectivity index (χ2v) is 8.41. The Hall–Kier alpha value is -2.22. The average molecular weight is 363 g/mol. The molecule has 8 heteroatoms. The largest absolute Gasteiger partial charge is 0.361 e. The Morgan fingerprint density at radius 1 is 1.28 bits per heavy atom. The summed E-state index contributed by atoms with van der Waals surface area (Å²) < 4.78 is 29.0. The molecule has 2 aromatic heterocycles. The molecule has 3 rings (SSSR count). The normalized spacial score (nSPS) is 16.2. The summed E-state index contributed by atoms with van der Waals surface area (Å²) in [4.78, 5) is 19.0. The third-order valence-electron chi connectivity index (χ3n) is 4.62. The number of aryl methyl sites for hydroxylation is 2.